The van der Waals surface area contributed by atoms with Gasteiger partial charge in [0.25, 0.3) is 0 Å². The number of aliphatic hydroxyl groups excluding tert-OH is 1. The Morgan fingerprint density at radius 3 is 2.35 bits per heavy atom. The SMILES string of the molecule is OC(CN1CCOCC1)CN1CCCC12CCOCC2. The number of hydrogen-bond acceptors (Lipinski definition) is 5. The molecule has 0 amide bonds. The average Bonchev–Trinajstić information content (AvgIpc) is 2.83. The van der Waals surface area contributed by atoms with E-state index in [4.69, 9.17) is 9.47 Å². The number of hydrogen-bond donors (Lipinski definition) is 1. The highest BCUT2D eigenvalue weighted by Crippen LogP contribution is 2.37. The Morgan fingerprint density at radius 2 is 1.60 bits per heavy atom. The lowest BCUT2D eigenvalue weighted by molar-refractivity contribution is -0.0345. The molecule has 1 spiro atoms. The highest BCUT2D eigenvalue weighted by Gasteiger charge is 2.42. The summed E-state index contributed by atoms with van der Waals surface area (Å²) in [6.07, 6.45) is 4.57. The van der Waals surface area contributed by atoms with Gasteiger partial charge < -0.3 is 14.6 Å². The zero-order valence-corrected chi connectivity index (χ0v) is 12.4. The summed E-state index contributed by atoms with van der Waals surface area (Å²) in [5.41, 5.74) is 0.324. The lowest BCUT2D eigenvalue weighted by Gasteiger charge is -2.42. The Bertz CT molecular complexity index is 301. The van der Waals surface area contributed by atoms with Crippen LogP contribution >= 0.6 is 0 Å². The summed E-state index contributed by atoms with van der Waals surface area (Å²) in [7, 11) is 0. The minimum atomic E-state index is -0.245. The van der Waals surface area contributed by atoms with Gasteiger partial charge in [-0.1, -0.05) is 0 Å². The fraction of sp³-hybridized carbons (Fsp3) is 1.00. The molecule has 0 saturated carbocycles. The van der Waals surface area contributed by atoms with Crippen LogP contribution in [-0.2, 0) is 9.47 Å². The van der Waals surface area contributed by atoms with Crippen LogP contribution in [-0.4, -0.2) is 85.7 Å². The molecule has 5 heteroatoms. The van der Waals surface area contributed by atoms with Gasteiger partial charge in [0.1, 0.15) is 0 Å². The normalized spacial score (nSPS) is 29.9. The van der Waals surface area contributed by atoms with Gasteiger partial charge in [0, 0.05) is 44.9 Å². The van der Waals surface area contributed by atoms with Gasteiger partial charge in [0.15, 0.2) is 0 Å². The topological polar surface area (TPSA) is 45.2 Å². The predicted molar refractivity (Wildman–Crippen MR) is 76.9 cm³/mol. The third-order valence-electron chi connectivity index (χ3n) is 5.17. The van der Waals surface area contributed by atoms with Crippen molar-refractivity contribution in [2.24, 2.45) is 0 Å². The molecule has 0 bridgehead atoms. The Morgan fingerprint density at radius 1 is 0.900 bits per heavy atom. The van der Waals surface area contributed by atoms with Gasteiger partial charge >= 0.3 is 0 Å². The van der Waals surface area contributed by atoms with Crippen molar-refractivity contribution in [1.29, 1.82) is 0 Å². The van der Waals surface area contributed by atoms with Crippen molar-refractivity contribution in [2.45, 2.75) is 37.3 Å². The second-order valence-electron chi connectivity index (χ2n) is 6.45. The Kier molecular flexibility index (Phi) is 4.94. The monoisotopic (exact) mass is 284 g/mol. The molecule has 0 aliphatic carbocycles. The summed E-state index contributed by atoms with van der Waals surface area (Å²) in [6.45, 7) is 8.03. The van der Waals surface area contributed by atoms with Crippen LogP contribution in [0.15, 0.2) is 0 Å². The lowest BCUT2D eigenvalue weighted by Crippen LogP contribution is -2.52. The molecule has 5 nitrogen and oxygen atoms in total. The zero-order chi connectivity index (χ0) is 13.8. The second kappa shape index (κ2) is 6.71. The zero-order valence-electron chi connectivity index (χ0n) is 12.4. The summed E-state index contributed by atoms with van der Waals surface area (Å²) in [6, 6.07) is 0. The standard InChI is InChI=1S/C15H28N2O3/c18-14(12-16-6-10-20-11-7-16)13-17-5-1-2-15(17)3-8-19-9-4-15/h14,18H,1-13H2. The third kappa shape index (κ3) is 3.34. The molecule has 3 fully saturated rings. The fourth-order valence-corrected chi connectivity index (χ4v) is 3.99. The number of nitrogens with zero attached hydrogens (tertiary/aromatic N) is 2. The van der Waals surface area contributed by atoms with Crippen molar-refractivity contribution in [1.82, 2.24) is 9.80 Å². The number of likely N-dealkylation sites (tertiary alicyclic amines) is 1. The van der Waals surface area contributed by atoms with Crippen molar-refractivity contribution in [3.05, 3.63) is 0 Å². The molecule has 3 heterocycles. The molecule has 3 aliphatic rings. The summed E-state index contributed by atoms with van der Waals surface area (Å²) in [5.74, 6) is 0. The second-order valence-corrected chi connectivity index (χ2v) is 6.45. The van der Waals surface area contributed by atoms with E-state index in [2.05, 4.69) is 9.80 Å². The number of aliphatic hydroxyl groups is 1. The van der Waals surface area contributed by atoms with E-state index >= 15 is 0 Å². The number of β-amino-alcohol motifs (C(OH)–C–C–N with tert-alkyl or cyclic N) is 1. The summed E-state index contributed by atoms with van der Waals surface area (Å²) in [4.78, 5) is 4.86. The minimum absolute atomic E-state index is 0.245. The fourth-order valence-electron chi connectivity index (χ4n) is 3.99. The van der Waals surface area contributed by atoms with E-state index in [9.17, 15) is 5.11 Å². The lowest BCUT2D eigenvalue weighted by atomic mass is 9.87. The highest BCUT2D eigenvalue weighted by atomic mass is 16.5. The van der Waals surface area contributed by atoms with Crippen molar-refractivity contribution in [2.75, 3.05) is 59.2 Å². The minimum Gasteiger partial charge on any atom is -0.390 e. The molecule has 3 aliphatic heterocycles. The molecule has 1 unspecified atom stereocenters. The van der Waals surface area contributed by atoms with Crippen LogP contribution in [0.3, 0.4) is 0 Å². The van der Waals surface area contributed by atoms with E-state index in [1.54, 1.807) is 0 Å². The smallest absolute Gasteiger partial charge is 0.0794 e. The van der Waals surface area contributed by atoms with Crippen molar-refractivity contribution >= 4 is 0 Å². The maximum absolute atomic E-state index is 10.4. The van der Waals surface area contributed by atoms with Gasteiger partial charge in [-0.2, -0.15) is 0 Å². The first-order valence-electron chi connectivity index (χ1n) is 8.09. The Balaban J connectivity index is 1.50. The largest absolute Gasteiger partial charge is 0.390 e. The number of ether oxygens (including phenoxy) is 2. The van der Waals surface area contributed by atoms with Gasteiger partial charge in [-0.05, 0) is 32.2 Å². The third-order valence-corrected chi connectivity index (χ3v) is 5.17. The molecule has 0 aromatic carbocycles. The van der Waals surface area contributed by atoms with Crippen molar-refractivity contribution in [3.8, 4) is 0 Å². The maximum atomic E-state index is 10.4. The molecule has 3 saturated heterocycles. The molecule has 20 heavy (non-hydrogen) atoms. The summed E-state index contributed by atoms with van der Waals surface area (Å²) >= 11 is 0. The molecular weight excluding hydrogens is 256 g/mol. The summed E-state index contributed by atoms with van der Waals surface area (Å²) in [5, 5.41) is 10.4. The molecule has 0 aromatic rings. The van der Waals surface area contributed by atoms with E-state index in [-0.39, 0.29) is 6.10 Å². The highest BCUT2D eigenvalue weighted by molar-refractivity contribution is 4.97. The van der Waals surface area contributed by atoms with Crippen molar-refractivity contribution in [3.63, 3.8) is 0 Å². The average molecular weight is 284 g/mol. The number of morpholine rings is 1. The van der Waals surface area contributed by atoms with Crippen LogP contribution in [0.4, 0.5) is 0 Å². The molecule has 0 radical (unpaired) electrons. The Hall–Kier alpha value is -0.200. The van der Waals surface area contributed by atoms with Gasteiger partial charge in [-0.3, -0.25) is 9.80 Å². The molecule has 1 N–H and O–H groups in total. The first kappa shape index (κ1) is 14.7. The quantitative estimate of drug-likeness (QED) is 0.806. The summed E-state index contributed by atoms with van der Waals surface area (Å²) < 4.78 is 10.9. The molecular formula is C15H28N2O3. The van der Waals surface area contributed by atoms with Crippen LogP contribution in [0.5, 0.6) is 0 Å². The Labute approximate surface area is 121 Å². The van der Waals surface area contributed by atoms with E-state index in [1.807, 2.05) is 0 Å². The maximum Gasteiger partial charge on any atom is 0.0794 e. The van der Waals surface area contributed by atoms with Crippen LogP contribution < -0.4 is 0 Å². The van der Waals surface area contributed by atoms with Gasteiger partial charge in [0.05, 0.1) is 19.3 Å². The van der Waals surface area contributed by atoms with Gasteiger partial charge in [-0.15, -0.1) is 0 Å². The first-order valence-corrected chi connectivity index (χ1v) is 8.09. The van der Waals surface area contributed by atoms with Crippen LogP contribution in [0, 0.1) is 0 Å². The van der Waals surface area contributed by atoms with E-state index in [0.717, 1.165) is 72.0 Å². The number of rotatable bonds is 4. The van der Waals surface area contributed by atoms with Gasteiger partial charge in [0.2, 0.25) is 0 Å². The first-order chi connectivity index (χ1) is 9.78. The van der Waals surface area contributed by atoms with E-state index in [1.165, 1.54) is 12.8 Å². The molecule has 116 valence electrons. The van der Waals surface area contributed by atoms with Crippen LogP contribution in [0.2, 0.25) is 0 Å². The predicted octanol–water partition coefficient (Wildman–Crippen LogP) is 0.325. The molecule has 3 rings (SSSR count). The molecule has 1 atom stereocenters. The van der Waals surface area contributed by atoms with E-state index < -0.39 is 0 Å². The van der Waals surface area contributed by atoms with Crippen LogP contribution in [0.25, 0.3) is 0 Å². The van der Waals surface area contributed by atoms with Crippen LogP contribution in [0.1, 0.15) is 25.7 Å². The van der Waals surface area contributed by atoms with Crippen molar-refractivity contribution < 1.29 is 14.6 Å². The molecule has 0 aromatic heterocycles. The van der Waals surface area contributed by atoms with E-state index in [0.29, 0.717) is 5.54 Å². The van der Waals surface area contributed by atoms with Gasteiger partial charge in [-0.25, -0.2) is 0 Å².